The fraction of sp³-hybridized carbons (Fsp3) is 0.500. The van der Waals surface area contributed by atoms with Crippen LogP contribution in [0.2, 0.25) is 0 Å². The van der Waals surface area contributed by atoms with Gasteiger partial charge in [-0.25, -0.2) is 0 Å². The van der Waals surface area contributed by atoms with Crippen LogP contribution in [0.4, 0.5) is 0 Å². The second kappa shape index (κ2) is 7.01. The number of hydrogen-bond acceptors (Lipinski definition) is 3. The summed E-state index contributed by atoms with van der Waals surface area (Å²) < 4.78 is 0. The Morgan fingerprint density at radius 1 is 1.39 bits per heavy atom. The summed E-state index contributed by atoms with van der Waals surface area (Å²) in [6.45, 7) is 4.82. The van der Waals surface area contributed by atoms with Crippen LogP contribution in [0.15, 0.2) is 24.3 Å². The molecule has 4 nitrogen and oxygen atoms in total. The fourth-order valence-corrected chi connectivity index (χ4v) is 1.87. The molecule has 1 amide bonds. The summed E-state index contributed by atoms with van der Waals surface area (Å²) in [7, 11) is 0. The molecule has 4 heteroatoms. The van der Waals surface area contributed by atoms with Crippen LogP contribution in [0.25, 0.3) is 0 Å². The Kier molecular flexibility index (Phi) is 5.65. The minimum absolute atomic E-state index is 0.0468. The quantitative estimate of drug-likeness (QED) is 0.718. The minimum atomic E-state index is -0.157. The van der Waals surface area contributed by atoms with E-state index in [1.54, 1.807) is 18.2 Å². The van der Waals surface area contributed by atoms with Gasteiger partial charge in [-0.05, 0) is 18.4 Å². The van der Waals surface area contributed by atoms with E-state index in [0.29, 0.717) is 24.6 Å². The van der Waals surface area contributed by atoms with Crippen molar-refractivity contribution in [2.75, 3.05) is 6.54 Å². The topological polar surface area (TPSA) is 75.4 Å². The van der Waals surface area contributed by atoms with Crippen molar-refractivity contribution in [1.29, 1.82) is 0 Å². The Labute approximate surface area is 108 Å². The Balaban J connectivity index is 2.52. The van der Waals surface area contributed by atoms with Crippen molar-refractivity contribution in [2.45, 2.75) is 26.8 Å². The van der Waals surface area contributed by atoms with Gasteiger partial charge in [0, 0.05) is 18.7 Å². The highest BCUT2D eigenvalue weighted by Gasteiger charge is 2.17. The van der Waals surface area contributed by atoms with Crippen LogP contribution in [0.3, 0.4) is 0 Å². The van der Waals surface area contributed by atoms with Crippen LogP contribution in [-0.2, 0) is 11.3 Å². The highest BCUT2D eigenvalue weighted by Crippen LogP contribution is 2.16. The third kappa shape index (κ3) is 4.37. The van der Waals surface area contributed by atoms with Gasteiger partial charge in [0.05, 0.1) is 5.92 Å². The van der Waals surface area contributed by atoms with E-state index >= 15 is 0 Å². The molecule has 1 aromatic carbocycles. The van der Waals surface area contributed by atoms with Gasteiger partial charge in [-0.15, -0.1) is 0 Å². The van der Waals surface area contributed by atoms with Crippen LogP contribution in [0.5, 0.6) is 5.75 Å². The first-order valence-corrected chi connectivity index (χ1v) is 6.29. The molecular formula is C14H22N2O2. The average Bonchev–Trinajstić information content (AvgIpc) is 2.34. The van der Waals surface area contributed by atoms with Gasteiger partial charge in [0.2, 0.25) is 5.91 Å². The van der Waals surface area contributed by atoms with Crippen molar-refractivity contribution < 1.29 is 9.90 Å². The Hall–Kier alpha value is -1.55. The maximum absolute atomic E-state index is 11.9. The molecule has 0 fully saturated rings. The zero-order chi connectivity index (χ0) is 13.5. The van der Waals surface area contributed by atoms with E-state index in [1.807, 2.05) is 6.07 Å². The first kappa shape index (κ1) is 14.5. The van der Waals surface area contributed by atoms with Gasteiger partial charge < -0.3 is 16.2 Å². The van der Waals surface area contributed by atoms with Gasteiger partial charge in [-0.3, -0.25) is 4.79 Å². The van der Waals surface area contributed by atoms with Gasteiger partial charge in [0.25, 0.3) is 0 Å². The lowest BCUT2D eigenvalue weighted by molar-refractivity contribution is -0.125. The number of nitrogens with two attached hydrogens (primary N) is 1. The van der Waals surface area contributed by atoms with E-state index in [9.17, 15) is 9.90 Å². The van der Waals surface area contributed by atoms with E-state index in [4.69, 9.17) is 5.73 Å². The second-order valence-electron chi connectivity index (χ2n) is 4.91. The highest BCUT2D eigenvalue weighted by atomic mass is 16.3. The zero-order valence-corrected chi connectivity index (χ0v) is 11.0. The summed E-state index contributed by atoms with van der Waals surface area (Å²) in [6, 6.07) is 6.98. The third-order valence-corrected chi connectivity index (χ3v) is 2.86. The van der Waals surface area contributed by atoms with Crippen molar-refractivity contribution in [2.24, 2.45) is 17.6 Å². The fourth-order valence-electron chi connectivity index (χ4n) is 1.87. The Bertz CT molecular complexity index is 391. The number of phenolic OH excluding ortho intramolecular Hbond substituents is 1. The molecule has 0 spiro atoms. The molecule has 18 heavy (non-hydrogen) atoms. The molecule has 0 aliphatic heterocycles. The predicted octanol–water partition coefficient (Wildman–Crippen LogP) is 1.63. The standard InChI is InChI=1S/C14H22N2O2/c1-10(2)7-12(8-15)14(18)16-9-11-5-3-4-6-13(11)17/h3-6,10,12,17H,7-9,15H2,1-2H3,(H,16,18). The van der Waals surface area contributed by atoms with Crippen molar-refractivity contribution in [3.8, 4) is 5.75 Å². The largest absolute Gasteiger partial charge is 0.508 e. The smallest absolute Gasteiger partial charge is 0.224 e. The lowest BCUT2D eigenvalue weighted by atomic mass is 9.96. The van der Waals surface area contributed by atoms with E-state index in [1.165, 1.54) is 0 Å². The van der Waals surface area contributed by atoms with Crippen LogP contribution in [0.1, 0.15) is 25.8 Å². The maximum atomic E-state index is 11.9. The van der Waals surface area contributed by atoms with E-state index in [0.717, 1.165) is 6.42 Å². The minimum Gasteiger partial charge on any atom is -0.508 e. The normalized spacial score (nSPS) is 12.4. The number of amides is 1. The van der Waals surface area contributed by atoms with Crippen molar-refractivity contribution in [3.05, 3.63) is 29.8 Å². The zero-order valence-electron chi connectivity index (χ0n) is 11.0. The van der Waals surface area contributed by atoms with Gasteiger partial charge in [0.1, 0.15) is 5.75 Å². The molecule has 0 radical (unpaired) electrons. The maximum Gasteiger partial charge on any atom is 0.224 e. The van der Waals surface area contributed by atoms with E-state index < -0.39 is 0 Å². The molecule has 4 N–H and O–H groups in total. The van der Waals surface area contributed by atoms with E-state index in [-0.39, 0.29) is 17.6 Å². The van der Waals surface area contributed by atoms with Crippen molar-refractivity contribution in [1.82, 2.24) is 5.32 Å². The first-order chi connectivity index (χ1) is 8.54. The number of aromatic hydroxyl groups is 1. The lowest BCUT2D eigenvalue weighted by Gasteiger charge is -2.17. The number of para-hydroxylation sites is 1. The molecule has 0 aliphatic rings. The summed E-state index contributed by atoms with van der Waals surface area (Å²) in [4.78, 5) is 11.9. The number of rotatable bonds is 6. The second-order valence-corrected chi connectivity index (χ2v) is 4.91. The number of nitrogens with one attached hydrogen (secondary N) is 1. The van der Waals surface area contributed by atoms with Gasteiger partial charge in [0.15, 0.2) is 0 Å². The van der Waals surface area contributed by atoms with Crippen LogP contribution < -0.4 is 11.1 Å². The lowest BCUT2D eigenvalue weighted by Crippen LogP contribution is -2.35. The molecule has 0 saturated carbocycles. The highest BCUT2D eigenvalue weighted by molar-refractivity contribution is 5.78. The number of carbonyl (C=O) groups is 1. The summed E-state index contributed by atoms with van der Waals surface area (Å²) in [5, 5.41) is 12.4. The summed E-state index contributed by atoms with van der Waals surface area (Å²) >= 11 is 0. The summed E-state index contributed by atoms with van der Waals surface area (Å²) in [5.41, 5.74) is 6.32. The van der Waals surface area contributed by atoms with Gasteiger partial charge in [-0.2, -0.15) is 0 Å². The molecule has 100 valence electrons. The first-order valence-electron chi connectivity index (χ1n) is 6.29. The number of hydrogen-bond donors (Lipinski definition) is 3. The molecule has 0 heterocycles. The molecular weight excluding hydrogens is 228 g/mol. The predicted molar refractivity (Wildman–Crippen MR) is 72.0 cm³/mol. The van der Waals surface area contributed by atoms with Crippen molar-refractivity contribution in [3.63, 3.8) is 0 Å². The van der Waals surface area contributed by atoms with Crippen LogP contribution in [-0.4, -0.2) is 17.6 Å². The SMILES string of the molecule is CC(C)CC(CN)C(=O)NCc1ccccc1O. The molecule has 1 aromatic rings. The monoisotopic (exact) mass is 250 g/mol. The van der Waals surface area contributed by atoms with Gasteiger partial charge >= 0.3 is 0 Å². The summed E-state index contributed by atoms with van der Waals surface area (Å²) in [5.74, 6) is 0.436. The summed E-state index contributed by atoms with van der Waals surface area (Å²) in [6.07, 6.45) is 0.781. The van der Waals surface area contributed by atoms with Crippen LogP contribution in [0, 0.1) is 11.8 Å². The Morgan fingerprint density at radius 2 is 2.06 bits per heavy atom. The molecule has 0 bridgehead atoms. The molecule has 0 aliphatic carbocycles. The molecule has 0 aromatic heterocycles. The molecule has 1 atom stereocenters. The molecule has 1 rings (SSSR count). The molecule has 1 unspecified atom stereocenters. The van der Waals surface area contributed by atoms with Crippen LogP contribution >= 0.6 is 0 Å². The average molecular weight is 250 g/mol. The third-order valence-electron chi connectivity index (χ3n) is 2.86. The number of phenols is 1. The number of carbonyl (C=O) groups excluding carboxylic acids is 1. The number of benzene rings is 1. The van der Waals surface area contributed by atoms with Crippen molar-refractivity contribution >= 4 is 5.91 Å². The molecule has 0 saturated heterocycles. The van der Waals surface area contributed by atoms with E-state index in [2.05, 4.69) is 19.2 Å². The Morgan fingerprint density at radius 3 is 2.61 bits per heavy atom. The van der Waals surface area contributed by atoms with Gasteiger partial charge in [-0.1, -0.05) is 32.0 Å².